The summed E-state index contributed by atoms with van der Waals surface area (Å²) >= 11 is 0. The number of rotatable bonds is 11. The second kappa shape index (κ2) is 14.6. The number of likely N-dealkylation sites (N-methyl/N-ethyl adjacent to an activating group) is 1. The van der Waals surface area contributed by atoms with Crippen LogP contribution in [0.25, 0.3) is 0 Å². The van der Waals surface area contributed by atoms with Crippen molar-refractivity contribution in [3.05, 3.63) is 88.5 Å². The minimum absolute atomic E-state index is 0.00294. The predicted octanol–water partition coefficient (Wildman–Crippen LogP) is 5.55. The molecule has 1 aromatic heterocycles. The smallest absolute Gasteiger partial charge is 0.349 e. The van der Waals surface area contributed by atoms with Gasteiger partial charge in [-0.1, -0.05) is 44.4 Å². The molecule has 3 aromatic rings. The number of terminal acetylenes is 1. The first-order valence-electron chi connectivity index (χ1n) is 17.6. The number of likely N-dealkylation sites (tertiary alicyclic amines) is 1. The van der Waals surface area contributed by atoms with Gasteiger partial charge in [0.2, 0.25) is 5.91 Å². The summed E-state index contributed by atoms with van der Waals surface area (Å²) in [6.45, 7) is 6.51. The van der Waals surface area contributed by atoms with Gasteiger partial charge >= 0.3 is 6.18 Å². The number of halogens is 3. The monoisotopic (exact) mass is 701 g/mol. The Kier molecular flexibility index (Phi) is 10.4. The second-order valence-electron chi connectivity index (χ2n) is 14.7. The van der Waals surface area contributed by atoms with Crippen molar-refractivity contribution in [1.82, 2.24) is 29.9 Å². The standard InChI is InChI=1S/C39H46F3N7O2/c1-6-13-46(4)14-9-12-35(50)44-30-15-27(7-2)21-48(23-30)22-28-16-32-33(34(17-28)39(40,41)42)24-49(36(32)51)31-11-8-10-29(18-31)38(19-26(3)20-38)37-45-43-25-47(37)5/h1,8-12,16-18,25-27,30H,7,13-15,19-24H2,2-5H3,(H,44,50)/b12-9+/t26?,27-,30+,38?/m1/s1. The highest BCUT2D eigenvalue weighted by Gasteiger charge is 2.48. The topological polar surface area (TPSA) is 86.6 Å². The third-order valence-electron chi connectivity index (χ3n) is 10.6. The lowest BCUT2D eigenvalue weighted by Gasteiger charge is -2.46. The number of nitrogens with zero attached hydrogens (tertiary/aromatic N) is 6. The highest BCUT2D eigenvalue weighted by atomic mass is 19.4. The summed E-state index contributed by atoms with van der Waals surface area (Å²) < 4.78 is 45.9. The van der Waals surface area contributed by atoms with Gasteiger partial charge in [0.05, 0.1) is 24.1 Å². The number of nitrogens with one attached hydrogen (secondary N) is 1. The molecule has 2 amide bonds. The zero-order chi connectivity index (χ0) is 36.5. The van der Waals surface area contributed by atoms with E-state index in [1.165, 1.54) is 17.0 Å². The summed E-state index contributed by atoms with van der Waals surface area (Å²) in [6.07, 6.45) is 9.01. The molecule has 0 radical (unpaired) electrons. The molecular weight excluding hydrogens is 655 g/mol. The number of aryl methyl sites for hydroxylation is 1. The molecule has 3 aliphatic rings. The lowest BCUT2D eigenvalue weighted by molar-refractivity contribution is -0.138. The van der Waals surface area contributed by atoms with Crippen LogP contribution in [-0.4, -0.2) is 75.6 Å². The van der Waals surface area contributed by atoms with E-state index < -0.39 is 17.6 Å². The van der Waals surface area contributed by atoms with Crippen LogP contribution in [-0.2, 0) is 36.5 Å². The first-order valence-corrected chi connectivity index (χ1v) is 17.6. The summed E-state index contributed by atoms with van der Waals surface area (Å²) in [7, 11) is 3.78. The lowest BCUT2D eigenvalue weighted by atomic mass is 9.58. The molecular formula is C39H46F3N7O2. The Morgan fingerprint density at radius 3 is 2.67 bits per heavy atom. The van der Waals surface area contributed by atoms with Crippen LogP contribution in [0.4, 0.5) is 18.9 Å². The zero-order valence-corrected chi connectivity index (χ0v) is 29.7. The van der Waals surface area contributed by atoms with Crippen LogP contribution in [0.1, 0.15) is 78.0 Å². The van der Waals surface area contributed by atoms with Crippen molar-refractivity contribution >= 4 is 17.5 Å². The lowest BCUT2D eigenvalue weighted by Crippen LogP contribution is -2.50. The maximum atomic E-state index is 14.7. The van der Waals surface area contributed by atoms with E-state index in [0.717, 1.165) is 37.1 Å². The van der Waals surface area contributed by atoms with E-state index in [9.17, 15) is 22.8 Å². The molecule has 1 saturated heterocycles. The number of hydrogen-bond acceptors (Lipinski definition) is 6. The van der Waals surface area contributed by atoms with E-state index in [1.54, 1.807) is 24.5 Å². The van der Waals surface area contributed by atoms with Crippen LogP contribution < -0.4 is 10.2 Å². The highest BCUT2D eigenvalue weighted by molar-refractivity contribution is 6.10. The fourth-order valence-electron chi connectivity index (χ4n) is 8.29. The van der Waals surface area contributed by atoms with Gasteiger partial charge in [0.1, 0.15) is 12.2 Å². The number of carbonyl (C=O) groups is 2. The number of aromatic nitrogens is 3. The van der Waals surface area contributed by atoms with Crippen LogP contribution in [0, 0.1) is 24.2 Å². The van der Waals surface area contributed by atoms with Crippen molar-refractivity contribution in [1.29, 1.82) is 0 Å². The molecule has 12 heteroatoms. The SMILES string of the molecule is C#CCN(C)C/C=C/C(=O)N[C@H]1C[C@@H](CC)CN(Cc2cc3c(c(C(F)(F)F)c2)CN(c2cccc(C4(c5nncn5C)CC(C)C4)c2)C3=O)C1. The summed E-state index contributed by atoms with van der Waals surface area (Å²) in [5.74, 6) is 3.47. The zero-order valence-electron chi connectivity index (χ0n) is 29.7. The minimum Gasteiger partial charge on any atom is -0.349 e. The maximum absolute atomic E-state index is 14.7. The van der Waals surface area contributed by atoms with E-state index in [-0.39, 0.29) is 47.5 Å². The van der Waals surface area contributed by atoms with Gasteiger partial charge in [-0.15, -0.1) is 16.6 Å². The molecule has 9 nitrogen and oxygen atoms in total. The summed E-state index contributed by atoms with van der Waals surface area (Å²) in [4.78, 5) is 32.1. The Hall–Kier alpha value is -4.47. The molecule has 2 atom stereocenters. The molecule has 0 spiro atoms. The van der Waals surface area contributed by atoms with Crippen molar-refractivity contribution < 1.29 is 22.8 Å². The van der Waals surface area contributed by atoms with Crippen molar-refractivity contribution in [3.63, 3.8) is 0 Å². The number of amides is 2. The number of alkyl halides is 3. The third-order valence-corrected chi connectivity index (χ3v) is 10.6. The Labute approximate surface area is 297 Å². The average Bonchev–Trinajstić information content (AvgIpc) is 3.65. The van der Waals surface area contributed by atoms with Crippen molar-refractivity contribution in [2.75, 3.05) is 38.1 Å². The Morgan fingerprint density at radius 2 is 2.00 bits per heavy atom. The molecule has 0 unspecified atom stereocenters. The van der Waals surface area contributed by atoms with Crippen LogP contribution in [0.2, 0.25) is 0 Å². The first kappa shape index (κ1) is 36.3. The van der Waals surface area contributed by atoms with Crippen LogP contribution in [0.3, 0.4) is 0 Å². The third kappa shape index (κ3) is 7.60. The Balaban J connectivity index is 1.22. The van der Waals surface area contributed by atoms with Gasteiger partial charge in [0.25, 0.3) is 5.91 Å². The van der Waals surface area contributed by atoms with Gasteiger partial charge in [-0.3, -0.25) is 19.4 Å². The number of carbonyl (C=O) groups excluding carboxylic acids is 2. The number of anilines is 1. The molecule has 1 aliphatic carbocycles. The van der Waals surface area contributed by atoms with Crippen molar-refractivity contribution in [2.45, 2.75) is 70.3 Å². The summed E-state index contributed by atoms with van der Waals surface area (Å²) in [5.41, 5.74) is 0.876. The summed E-state index contributed by atoms with van der Waals surface area (Å²) in [5, 5.41) is 11.6. The largest absolute Gasteiger partial charge is 0.416 e. The first-order chi connectivity index (χ1) is 24.3. The quantitative estimate of drug-likeness (QED) is 0.209. The molecule has 2 aliphatic heterocycles. The second-order valence-corrected chi connectivity index (χ2v) is 14.7. The van der Waals surface area contributed by atoms with Crippen LogP contribution in [0.15, 0.2) is 54.9 Å². The van der Waals surface area contributed by atoms with Gasteiger partial charge in [-0.25, -0.2) is 0 Å². The number of piperidine rings is 1. The number of benzene rings is 2. The number of fused-ring (bicyclic) bond motifs is 1. The van der Waals surface area contributed by atoms with E-state index in [2.05, 4.69) is 40.2 Å². The van der Waals surface area contributed by atoms with Gasteiger partial charge in [0.15, 0.2) is 0 Å². The van der Waals surface area contributed by atoms with E-state index in [1.807, 2.05) is 41.8 Å². The molecule has 3 heterocycles. The van der Waals surface area contributed by atoms with E-state index in [0.29, 0.717) is 43.3 Å². The average molecular weight is 702 g/mol. The molecule has 1 saturated carbocycles. The Bertz CT molecular complexity index is 1840. The van der Waals surface area contributed by atoms with Crippen molar-refractivity contribution in [2.24, 2.45) is 18.9 Å². The molecule has 270 valence electrons. The van der Waals surface area contributed by atoms with Gasteiger partial charge in [0, 0.05) is 56.6 Å². The summed E-state index contributed by atoms with van der Waals surface area (Å²) in [6, 6.07) is 10.2. The molecule has 2 fully saturated rings. The molecule has 0 bridgehead atoms. The maximum Gasteiger partial charge on any atom is 0.416 e. The molecule has 6 rings (SSSR count). The molecule has 2 aromatic carbocycles. The highest BCUT2D eigenvalue weighted by Crippen LogP contribution is 2.52. The molecule has 51 heavy (non-hydrogen) atoms. The van der Waals surface area contributed by atoms with Crippen LogP contribution in [0.5, 0.6) is 0 Å². The fraction of sp³-hybridized carbons (Fsp3) is 0.487. The fourth-order valence-corrected chi connectivity index (χ4v) is 8.29. The minimum atomic E-state index is -4.64. The molecule has 1 N–H and O–H groups in total. The van der Waals surface area contributed by atoms with Crippen molar-refractivity contribution in [3.8, 4) is 12.3 Å². The van der Waals surface area contributed by atoms with Gasteiger partial charge < -0.3 is 14.8 Å². The van der Waals surface area contributed by atoms with E-state index in [4.69, 9.17) is 6.42 Å². The Morgan fingerprint density at radius 1 is 1.22 bits per heavy atom. The van der Waals surface area contributed by atoms with Gasteiger partial charge in [-0.2, -0.15) is 13.2 Å². The van der Waals surface area contributed by atoms with Gasteiger partial charge in [-0.05, 0) is 79.1 Å². The number of hydrogen-bond donors (Lipinski definition) is 1. The van der Waals surface area contributed by atoms with E-state index >= 15 is 0 Å². The van der Waals surface area contributed by atoms with Crippen LogP contribution >= 0.6 is 0 Å². The predicted molar refractivity (Wildman–Crippen MR) is 190 cm³/mol. The normalized spacial score (nSPS) is 23.8.